The van der Waals surface area contributed by atoms with Gasteiger partial charge in [0.05, 0.1) is 0 Å². The fourth-order valence-corrected chi connectivity index (χ4v) is 1.88. The third kappa shape index (κ3) is 1.22. The first-order valence-corrected chi connectivity index (χ1v) is 4.85. The molecule has 0 bridgehead atoms. The summed E-state index contributed by atoms with van der Waals surface area (Å²) in [4.78, 5) is 0. The van der Waals surface area contributed by atoms with Crippen molar-refractivity contribution in [3.8, 4) is 0 Å². The molecule has 0 N–H and O–H groups in total. The highest BCUT2D eigenvalue weighted by atomic mass is 16.5. The molecule has 0 atom stereocenters. The number of rotatable bonds is 0. The van der Waals surface area contributed by atoms with Gasteiger partial charge in [0.15, 0.2) is 6.20 Å². The number of aromatic nitrogens is 1. The highest BCUT2D eigenvalue weighted by Gasteiger charge is 2.03. The minimum Gasteiger partial charge on any atom is -0.618 e. The van der Waals surface area contributed by atoms with Gasteiger partial charge in [-0.3, -0.25) is 0 Å². The molecule has 1 heterocycles. The number of hydrogen-bond acceptors (Lipinski definition) is 1. The summed E-state index contributed by atoms with van der Waals surface area (Å²) in [5.74, 6) is 0. The van der Waals surface area contributed by atoms with Crippen LogP contribution in [-0.2, 0) is 0 Å². The van der Waals surface area contributed by atoms with Crippen molar-refractivity contribution in [2.24, 2.45) is 0 Å². The van der Waals surface area contributed by atoms with Crippen molar-refractivity contribution in [2.45, 2.75) is 0 Å². The standard InChI is InChI=1S/C13H9NO/c15-14-7-3-6-12-8-10-4-1-2-5-11(10)9-13(12)14/h1-9H. The van der Waals surface area contributed by atoms with Crippen LogP contribution in [0.25, 0.3) is 21.7 Å². The fraction of sp³-hybridized carbons (Fsp3) is 0. The molecular formula is C13H9NO. The Bertz CT molecular complexity index is 646. The van der Waals surface area contributed by atoms with Crippen LogP contribution in [0.5, 0.6) is 0 Å². The summed E-state index contributed by atoms with van der Waals surface area (Å²) in [6.07, 6.45) is 1.52. The molecule has 0 unspecified atom stereocenters. The molecule has 0 aliphatic carbocycles. The van der Waals surface area contributed by atoms with E-state index >= 15 is 0 Å². The van der Waals surface area contributed by atoms with Gasteiger partial charge in [0.2, 0.25) is 5.52 Å². The van der Waals surface area contributed by atoms with Gasteiger partial charge >= 0.3 is 0 Å². The predicted octanol–water partition coefficient (Wildman–Crippen LogP) is 2.63. The van der Waals surface area contributed by atoms with Crippen LogP contribution in [-0.4, -0.2) is 0 Å². The Balaban J connectivity index is 2.53. The van der Waals surface area contributed by atoms with E-state index in [-0.39, 0.29) is 0 Å². The van der Waals surface area contributed by atoms with Crippen LogP contribution in [0.4, 0.5) is 0 Å². The summed E-state index contributed by atoms with van der Waals surface area (Å²) in [5.41, 5.74) is 0.719. The van der Waals surface area contributed by atoms with E-state index in [9.17, 15) is 5.21 Å². The molecule has 3 aromatic rings. The second-order valence-corrected chi connectivity index (χ2v) is 3.59. The lowest BCUT2D eigenvalue weighted by molar-refractivity contribution is -0.576. The second-order valence-electron chi connectivity index (χ2n) is 3.59. The Kier molecular flexibility index (Phi) is 1.62. The molecule has 0 saturated carbocycles. The third-order valence-corrected chi connectivity index (χ3v) is 2.63. The lowest BCUT2D eigenvalue weighted by Gasteiger charge is -2.02. The van der Waals surface area contributed by atoms with Gasteiger partial charge in [-0.1, -0.05) is 24.3 Å². The van der Waals surface area contributed by atoms with Crippen molar-refractivity contribution in [1.82, 2.24) is 0 Å². The molecule has 2 aromatic carbocycles. The molecule has 0 radical (unpaired) electrons. The molecule has 0 spiro atoms. The molecular weight excluding hydrogens is 186 g/mol. The molecule has 0 saturated heterocycles. The van der Waals surface area contributed by atoms with Crippen molar-refractivity contribution in [1.29, 1.82) is 0 Å². The maximum absolute atomic E-state index is 11.5. The number of nitrogens with zero attached hydrogens (tertiary/aromatic N) is 1. The maximum atomic E-state index is 11.5. The molecule has 15 heavy (non-hydrogen) atoms. The van der Waals surface area contributed by atoms with Crippen molar-refractivity contribution in [3.63, 3.8) is 0 Å². The normalized spacial score (nSPS) is 10.9. The molecule has 0 amide bonds. The SMILES string of the molecule is [O-][n+]1cccc2cc3ccccc3cc21. The average Bonchev–Trinajstić information content (AvgIpc) is 2.27. The van der Waals surface area contributed by atoms with Crippen LogP contribution in [0.2, 0.25) is 0 Å². The molecule has 0 aliphatic rings. The number of benzene rings is 2. The Labute approximate surface area is 87.0 Å². The topological polar surface area (TPSA) is 26.9 Å². The van der Waals surface area contributed by atoms with Gasteiger partial charge in [0.1, 0.15) is 0 Å². The second kappa shape index (κ2) is 2.95. The van der Waals surface area contributed by atoms with Crippen molar-refractivity contribution >= 4 is 21.7 Å². The Morgan fingerprint density at radius 3 is 2.27 bits per heavy atom. The monoisotopic (exact) mass is 195 g/mol. The van der Waals surface area contributed by atoms with Crippen LogP contribution in [0.15, 0.2) is 54.7 Å². The zero-order valence-corrected chi connectivity index (χ0v) is 8.05. The summed E-state index contributed by atoms with van der Waals surface area (Å²) in [5, 5.41) is 14.8. The third-order valence-electron chi connectivity index (χ3n) is 2.63. The predicted molar refractivity (Wildman–Crippen MR) is 60.4 cm³/mol. The van der Waals surface area contributed by atoms with E-state index in [2.05, 4.69) is 6.07 Å². The van der Waals surface area contributed by atoms with Gasteiger partial charge in [0.25, 0.3) is 0 Å². The van der Waals surface area contributed by atoms with E-state index in [4.69, 9.17) is 0 Å². The minimum absolute atomic E-state index is 0.719. The van der Waals surface area contributed by atoms with E-state index in [0.717, 1.165) is 26.4 Å². The fourth-order valence-electron chi connectivity index (χ4n) is 1.88. The van der Waals surface area contributed by atoms with Crippen LogP contribution in [0.3, 0.4) is 0 Å². The van der Waals surface area contributed by atoms with Gasteiger partial charge < -0.3 is 5.21 Å². The summed E-state index contributed by atoms with van der Waals surface area (Å²) in [6.45, 7) is 0. The molecule has 0 aliphatic heterocycles. The van der Waals surface area contributed by atoms with Crippen LogP contribution in [0.1, 0.15) is 0 Å². The minimum atomic E-state index is 0.719. The van der Waals surface area contributed by atoms with Crippen LogP contribution in [0, 0.1) is 5.21 Å². The summed E-state index contributed by atoms with van der Waals surface area (Å²) in [6, 6.07) is 15.7. The summed E-state index contributed by atoms with van der Waals surface area (Å²) in [7, 11) is 0. The van der Waals surface area contributed by atoms with E-state index < -0.39 is 0 Å². The highest BCUT2D eigenvalue weighted by Crippen LogP contribution is 2.19. The molecule has 3 rings (SSSR count). The van der Waals surface area contributed by atoms with Gasteiger partial charge in [-0.05, 0) is 22.9 Å². The quantitative estimate of drug-likeness (QED) is 0.308. The number of hydrogen-bond donors (Lipinski definition) is 0. The maximum Gasteiger partial charge on any atom is 0.224 e. The van der Waals surface area contributed by atoms with Gasteiger partial charge in [-0.2, -0.15) is 4.73 Å². The lowest BCUT2D eigenvalue weighted by atomic mass is 10.1. The number of fused-ring (bicyclic) bond motifs is 2. The van der Waals surface area contributed by atoms with Gasteiger partial charge in [-0.25, -0.2) is 0 Å². The van der Waals surface area contributed by atoms with E-state index in [1.54, 1.807) is 6.07 Å². The Morgan fingerprint density at radius 2 is 1.47 bits per heavy atom. The highest BCUT2D eigenvalue weighted by molar-refractivity contribution is 5.95. The molecule has 0 fully saturated rings. The number of pyridine rings is 1. The van der Waals surface area contributed by atoms with E-state index in [0.29, 0.717) is 0 Å². The summed E-state index contributed by atoms with van der Waals surface area (Å²) < 4.78 is 0.905. The van der Waals surface area contributed by atoms with Crippen LogP contribution >= 0.6 is 0 Å². The molecule has 72 valence electrons. The first-order chi connectivity index (χ1) is 7.34. The average molecular weight is 195 g/mol. The Morgan fingerprint density at radius 1 is 0.800 bits per heavy atom. The molecule has 2 nitrogen and oxygen atoms in total. The largest absolute Gasteiger partial charge is 0.618 e. The Hall–Kier alpha value is -2.09. The molecule has 1 aromatic heterocycles. The zero-order chi connectivity index (χ0) is 10.3. The van der Waals surface area contributed by atoms with Crippen molar-refractivity contribution in [2.75, 3.05) is 0 Å². The lowest BCUT2D eigenvalue weighted by Crippen LogP contribution is -2.25. The zero-order valence-electron chi connectivity index (χ0n) is 8.05. The smallest absolute Gasteiger partial charge is 0.224 e. The first kappa shape index (κ1) is 8.24. The first-order valence-electron chi connectivity index (χ1n) is 4.85. The van der Waals surface area contributed by atoms with Crippen molar-refractivity contribution < 1.29 is 4.73 Å². The summed E-state index contributed by atoms with van der Waals surface area (Å²) >= 11 is 0. The van der Waals surface area contributed by atoms with Crippen molar-refractivity contribution in [3.05, 3.63) is 59.9 Å². The van der Waals surface area contributed by atoms with Crippen LogP contribution < -0.4 is 4.73 Å². The van der Waals surface area contributed by atoms with E-state index in [1.165, 1.54) is 6.20 Å². The van der Waals surface area contributed by atoms with Gasteiger partial charge in [0, 0.05) is 17.5 Å². The van der Waals surface area contributed by atoms with E-state index in [1.807, 2.05) is 36.4 Å². The molecule has 2 heteroatoms. The van der Waals surface area contributed by atoms with Gasteiger partial charge in [-0.15, -0.1) is 0 Å².